The lowest BCUT2D eigenvalue weighted by molar-refractivity contribution is 0.572. The smallest absolute Gasteiger partial charge is 0.212 e. The Labute approximate surface area is 76.6 Å². The minimum atomic E-state index is -4.57. The summed E-state index contributed by atoms with van der Waals surface area (Å²) < 4.78 is 65.2. The van der Waals surface area contributed by atoms with Crippen molar-refractivity contribution in [3.05, 3.63) is 0 Å². The van der Waals surface area contributed by atoms with Gasteiger partial charge in [0.05, 0.1) is 12.5 Å². The van der Waals surface area contributed by atoms with Crippen LogP contribution >= 0.6 is 0 Å². The summed E-state index contributed by atoms with van der Waals surface area (Å²) >= 11 is 0. The van der Waals surface area contributed by atoms with Gasteiger partial charge in [0.2, 0.25) is 20.0 Å². The fourth-order valence-electron chi connectivity index (χ4n) is 0.416. The van der Waals surface area contributed by atoms with Gasteiger partial charge in [0.1, 0.15) is 0 Å². The highest BCUT2D eigenvalue weighted by atomic mass is 32.3. The Hall–Kier alpha value is -0.230. The number of hydrogen-bond donors (Lipinski definition) is 2. The maximum atomic E-state index is 10.7. The molecule has 13 heavy (non-hydrogen) atoms. The summed E-state index contributed by atoms with van der Waals surface area (Å²) in [5.74, 6) is 0. The first kappa shape index (κ1) is 12.8. The van der Waals surface area contributed by atoms with Gasteiger partial charge in [0.15, 0.2) is 0 Å². The second-order valence-corrected chi connectivity index (χ2v) is 7.64. The fraction of sp³-hybridized carbons (Fsp3) is 1.00. The molecule has 0 aromatic rings. The molecular weight excluding hydrogens is 244 g/mol. The highest BCUT2D eigenvalue weighted by Gasteiger charge is 2.20. The Morgan fingerprint density at radius 3 is 1.08 bits per heavy atom. The molecule has 0 fully saturated rings. The van der Waals surface area contributed by atoms with Crippen LogP contribution in [-0.2, 0) is 30.3 Å². The second-order valence-electron chi connectivity index (χ2n) is 2.21. The normalized spacial score (nSPS) is 14.3. The van der Waals surface area contributed by atoms with Gasteiger partial charge in [-0.3, -0.25) is 0 Å². The van der Waals surface area contributed by atoms with Crippen molar-refractivity contribution in [2.45, 2.75) is 0 Å². The van der Waals surface area contributed by atoms with Crippen molar-refractivity contribution in [1.29, 1.82) is 0 Å². The number of hydrogen-bond acceptors (Lipinski definition) is 6. The molecule has 0 heterocycles. The summed E-state index contributed by atoms with van der Waals surface area (Å²) in [6.07, 6.45) is 1.16. The van der Waals surface area contributed by atoms with Crippen LogP contribution in [0.1, 0.15) is 0 Å². The predicted molar refractivity (Wildman–Crippen MR) is 44.9 cm³/mol. The van der Waals surface area contributed by atoms with Crippen LogP contribution in [0.4, 0.5) is 0 Å². The molecule has 0 aliphatic carbocycles. The predicted octanol–water partition coefficient (Wildman–Crippen LogP) is -2.67. The molecule has 0 bridgehead atoms. The lowest BCUT2D eigenvalue weighted by Crippen LogP contribution is -2.42. The first-order chi connectivity index (χ1) is 5.41. The highest BCUT2D eigenvalue weighted by Crippen LogP contribution is 1.85. The summed E-state index contributed by atoms with van der Waals surface area (Å²) in [5.41, 5.74) is 0. The molecule has 2 N–H and O–H groups in total. The molecule has 80 valence electrons. The van der Waals surface area contributed by atoms with Crippen molar-refractivity contribution in [2.75, 3.05) is 12.5 Å². The molecule has 0 radical (unpaired) electrons. The van der Waals surface area contributed by atoms with Crippen molar-refractivity contribution in [2.24, 2.45) is 0 Å². The lowest BCUT2D eigenvalue weighted by atomic mass is 12.0. The Bertz CT molecular complexity index is 428. The average molecular weight is 252 g/mol. The maximum absolute atomic E-state index is 10.7. The zero-order valence-electron chi connectivity index (χ0n) is 6.67. The molecule has 0 aliphatic heterocycles. The second kappa shape index (κ2) is 3.49. The molecule has 0 aromatic heterocycles. The molecule has 0 saturated heterocycles. The summed E-state index contributed by atoms with van der Waals surface area (Å²) in [6, 6.07) is 0. The Balaban J connectivity index is 4.86. The molecule has 0 amide bonds. The van der Waals surface area contributed by atoms with E-state index in [1.165, 1.54) is 0 Å². The molecule has 0 aromatic carbocycles. The van der Waals surface area contributed by atoms with Crippen LogP contribution in [0.15, 0.2) is 0 Å². The van der Waals surface area contributed by atoms with Crippen molar-refractivity contribution < 1.29 is 25.3 Å². The Kier molecular flexibility index (Phi) is 3.43. The summed E-state index contributed by atoms with van der Waals surface area (Å²) in [5, 5.41) is 0. The topological polar surface area (TPSA) is 126 Å². The van der Waals surface area contributed by atoms with Gasteiger partial charge in [-0.05, 0) is 0 Å². The summed E-state index contributed by atoms with van der Waals surface area (Å²) in [6.45, 7) is 0. The third kappa shape index (κ3) is 8.11. The summed E-state index contributed by atoms with van der Waals surface area (Å²) in [7, 11) is -12.6. The summed E-state index contributed by atoms with van der Waals surface area (Å²) in [4.78, 5) is 0. The monoisotopic (exact) mass is 252 g/mol. The molecule has 0 saturated carbocycles. The van der Waals surface area contributed by atoms with Gasteiger partial charge in [-0.1, -0.05) is 8.25 Å². The van der Waals surface area contributed by atoms with E-state index in [1.54, 1.807) is 0 Å². The van der Waals surface area contributed by atoms with E-state index in [9.17, 15) is 25.3 Å². The van der Waals surface area contributed by atoms with E-state index in [0.29, 0.717) is 12.5 Å². The van der Waals surface area contributed by atoms with Crippen LogP contribution in [0.5, 0.6) is 0 Å². The zero-order valence-corrected chi connectivity index (χ0v) is 9.12. The Morgan fingerprint density at radius 2 is 0.923 bits per heavy atom. The number of rotatable bonds is 4. The van der Waals surface area contributed by atoms with Gasteiger partial charge < -0.3 is 0 Å². The van der Waals surface area contributed by atoms with E-state index in [1.807, 2.05) is 0 Å². The molecule has 0 unspecified atom stereocenters. The van der Waals surface area contributed by atoms with Crippen LogP contribution in [0.2, 0.25) is 0 Å². The Morgan fingerprint density at radius 1 is 0.692 bits per heavy atom. The average Bonchev–Trinajstić information content (AvgIpc) is 1.43. The van der Waals surface area contributed by atoms with Gasteiger partial charge in [-0.2, -0.15) is 8.42 Å². The third-order valence-electron chi connectivity index (χ3n) is 0.522. The van der Waals surface area contributed by atoms with Gasteiger partial charge in [0, 0.05) is 0 Å². The van der Waals surface area contributed by atoms with Crippen LogP contribution < -0.4 is 8.25 Å². The van der Waals surface area contributed by atoms with Crippen molar-refractivity contribution in [3.8, 4) is 0 Å². The highest BCUT2D eigenvalue weighted by molar-refractivity contribution is 8.09. The van der Waals surface area contributed by atoms with Gasteiger partial charge in [-0.15, -0.1) is 0 Å². The van der Waals surface area contributed by atoms with Crippen molar-refractivity contribution in [3.63, 3.8) is 0 Å². The maximum Gasteiger partial charge on any atom is 0.303 e. The van der Waals surface area contributed by atoms with Crippen LogP contribution in [-0.4, -0.2) is 37.8 Å². The third-order valence-corrected chi connectivity index (χ3v) is 4.70. The molecule has 0 atom stereocenters. The SMILES string of the molecule is CS(=O)(=O)NS(=O)(=O)NS(C)(=O)=O. The minimum Gasteiger partial charge on any atom is -0.212 e. The van der Waals surface area contributed by atoms with E-state index in [4.69, 9.17) is 0 Å². The van der Waals surface area contributed by atoms with Crippen LogP contribution in [0, 0.1) is 0 Å². The standard InChI is InChI=1S/C2H8N2O6S3/c1-11(5,6)3-13(9,10)4-12(2,7)8/h3-4H,1-2H3. The van der Waals surface area contributed by atoms with E-state index >= 15 is 0 Å². The van der Waals surface area contributed by atoms with Crippen LogP contribution in [0.3, 0.4) is 0 Å². The van der Waals surface area contributed by atoms with Crippen molar-refractivity contribution >= 4 is 30.3 Å². The first-order valence-corrected chi connectivity index (χ1v) is 7.90. The van der Waals surface area contributed by atoms with E-state index in [-0.39, 0.29) is 0 Å². The molecular formula is C2H8N2O6S3. The zero-order chi connectivity index (χ0) is 10.9. The van der Waals surface area contributed by atoms with Crippen LogP contribution in [0.25, 0.3) is 0 Å². The fourth-order valence-corrected chi connectivity index (χ4v) is 4.05. The van der Waals surface area contributed by atoms with E-state index in [0.717, 1.165) is 8.25 Å². The molecule has 11 heteroatoms. The molecule has 8 nitrogen and oxygen atoms in total. The molecule has 0 rings (SSSR count). The lowest BCUT2D eigenvalue weighted by Gasteiger charge is -2.03. The quantitative estimate of drug-likeness (QED) is 0.562. The van der Waals surface area contributed by atoms with Gasteiger partial charge in [-0.25, -0.2) is 16.8 Å². The first-order valence-electron chi connectivity index (χ1n) is 2.63. The van der Waals surface area contributed by atoms with Gasteiger partial charge in [0.25, 0.3) is 0 Å². The largest absolute Gasteiger partial charge is 0.303 e. The van der Waals surface area contributed by atoms with E-state index in [2.05, 4.69) is 0 Å². The molecule has 0 aliphatic rings. The van der Waals surface area contributed by atoms with Gasteiger partial charge >= 0.3 is 10.2 Å². The number of sulfonamides is 2. The van der Waals surface area contributed by atoms with E-state index < -0.39 is 30.3 Å². The minimum absolute atomic E-state index is 0.578. The number of nitrogens with one attached hydrogen (secondary N) is 2. The van der Waals surface area contributed by atoms with Crippen molar-refractivity contribution in [1.82, 2.24) is 8.25 Å². The molecule has 0 spiro atoms.